The molecule has 1 saturated heterocycles. The van der Waals surface area contributed by atoms with Gasteiger partial charge >= 0.3 is 0 Å². The van der Waals surface area contributed by atoms with Gasteiger partial charge in [-0.2, -0.15) is 0 Å². The maximum atomic E-state index is 12.9. The van der Waals surface area contributed by atoms with Crippen molar-refractivity contribution in [2.45, 2.75) is 38.3 Å². The Morgan fingerprint density at radius 3 is 2.60 bits per heavy atom. The van der Waals surface area contributed by atoms with Gasteiger partial charge in [-0.25, -0.2) is 0 Å². The van der Waals surface area contributed by atoms with E-state index in [0.717, 1.165) is 24.8 Å². The van der Waals surface area contributed by atoms with Crippen molar-refractivity contribution in [3.63, 3.8) is 0 Å². The molecule has 2 aliphatic heterocycles. The first-order valence-corrected chi connectivity index (χ1v) is 8.65. The van der Waals surface area contributed by atoms with Crippen LogP contribution in [0.1, 0.15) is 48.3 Å². The van der Waals surface area contributed by atoms with Crippen LogP contribution in [0.4, 0.5) is 0 Å². The van der Waals surface area contributed by atoms with Crippen molar-refractivity contribution >= 4 is 5.91 Å². The van der Waals surface area contributed by atoms with Crippen molar-refractivity contribution in [2.24, 2.45) is 0 Å². The number of aromatic hydroxyl groups is 1. The van der Waals surface area contributed by atoms with Crippen LogP contribution in [-0.4, -0.2) is 33.3 Å². The van der Waals surface area contributed by atoms with E-state index in [9.17, 15) is 14.7 Å². The fourth-order valence-corrected chi connectivity index (χ4v) is 3.87. The lowest BCUT2D eigenvalue weighted by Crippen LogP contribution is -2.58. The minimum absolute atomic E-state index is 0.0634. The van der Waals surface area contributed by atoms with Crippen molar-refractivity contribution in [1.29, 1.82) is 0 Å². The molecule has 1 aromatic heterocycles. The minimum Gasteiger partial charge on any atom is -0.502 e. The first kappa shape index (κ1) is 15.7. The highest BCUT2D eigenvalue weighted by Crippen LogP contribution is 2.33. The second-order valence-electron chi connectivity index (χ2n) is 6.78. The van der Waals surface area contributed by atoms with Crippen LogP contribution in [-0.2, 0) is 0 Å². The second kappa shape index (κ2) is 5.95. The van der Waals surface area contributed by atoms with Crippen LogP contribution >= 0.6 is 0 Å². The number of aromatic nitrogens is 1. The first-order chi connectivity index (χ1) is 12.1. The molecule has 1 fully saturated rings. The lowest BCUT2D eigenvalue weighted by Gasteiger charge is -2.47. The van der Waals surface area contributed by atoms with Crippen LogP contribution in [0.5, 0.6) is 5.75 Å². The average molecular weight is 339 g/mol. The van der Waals surface area contributed by atoms with E-state index in [1.54, 1.807) is 15.8 Å². The van der Waals surface area contributed by atoms with Gasteiger partial charge in [0.2, 0.25) is 5.43 Å². The molecule has 6 nitrogen and oxygen atoms in total. The van der Waals surface area contributed by atoms with Crippen molar-refractivity contribution in [2.75, 3.05) is 11.7 Å². The van der Waals surface area contributed by atoms with E-state index in [2.05, 4.69) is 17.1 Å². The molecule has 0 aliphatic carbocycles. The molecule has 3 heterocycles. The van der Waals surface area contributed by atoms with Crippen LogP contribution in [0, 0.1) is 0 Å². The van der Waals surface area contributed by atoms with E-state index in [1.165, 1.54) is 6.07 Å². The van der Waals surface area contributed by atoms with Crippen LogP contribution in [0.3, 0.4) is 0 Å². The van der Waals surface area contributed by atoms with E-state index in [1.807, 2.05) is 25.1 Å². The molecular weight excluding hydrogens is 318 g/mol. The van der Waals surface area contributed by atoms with Gasteiger partial charge in [0.15, 0.2) is 11.4 Å². The summed E-state index contributed by atoms with van der Waals surface area (Å²) in [6.45, 7) is 2.46. The first-order valence-electron chi connectivity index (χ1n) is 8.65. The van der Waals surface area contributed by atoms with Gasteiger partial charge in [-0.15, -0.1) is 0 Å². The van der Waals surface area contributed by atoms with Gasteiger partial charge < -0.3 is 10.0 Å². The Bertz CT molecular complexity index is 862. The van der Waals surface area contributed by atoms with Gasteiger partial charge in [0.05, 0.1) is 6.04 Å². The average Bonchev–Trinajstić information content (AvgIpc) is 2.61. The number of nitrogens with zero attached hydrogens (tertiary/aromatic N) is 3. The molecule has 0 spiro atoms. The number of carbonyl (C=O) groups excluding carboxylic acids is 1. The zero-order valence-electron chi connectivity index (χ0n) is 14.1. The molecule has 0 saturated carbocycles. The maximum Gasteiger partial charge on any atom is 0.278 e. The topological polar surface area (TPSA) is 65.8 Å². The SMILES string of the molecule is CC1CCCC(c2ccccc2)N2CN1C(=O)c1c(O)c(=O)ccn12. The van der Waals surface area contributed by atoms with E-state index in [4.69, 9.17) is 0 Å². The molecule has 2 aliphatic rings. The number of carbonyl (C=O) groups is 1. The molecule has 1 aromatic carbocycles. The van der Waals surface area contributed by atoms with Crippen LogP contribution in [0.25, 0.3) is 0 Å². The Morgan fingerprint density at radius 1 is 1.08 bits per heavy atom. The third kappa shape index (κ3) is 2.49. The van der Waals surface area contributed by atoms with Crippen molar-refractivity contribution < 1.29 is 9.90 Å². The Labute approximate surface area is 145 Å². The van der Waals surface area contributed by atoms with Gasteiger partial charge in [-0.3, -0.25) is 19.3 Å². The summed E-state index contributed by atoms with van der Waals surface area (Å²) in [6.07, 6.45) is 4.45. The van der Waals surface area contributed by atoms with Gasteiger partial charge in [0.1, 0.15) is 6.67 Å². The van der Waals surface area contributed by atoms with E-state index in [-0.39, 0.29) is 23.7 Å². The Hall–Kier alpha value is -2.76. The zero-order chi connectivity index (χ0) is 17.6. The maximum absolute atomic E-state index is 12.9. The summed E-state index contributed by atoms with van der Waals surface area (Å²) < 4.78 is 1.66. The molecule has 0 radical (unpaired) electrons. The molecule has 1 N–H and O–H groups in total. The third-order valence-corrected chi connectivity index (χ3v) is 5.27. The van der Waals surface area contributed by atoms with Gasteiger partial charge in [-0.05, 0) is 31.7 Å². The number of amides is 1. The van der Waals surface area contributed by atoms with Crippen LogP contribution < -0.4 is 10.4 Å². The molecule has 130 valence electrons. The predicted molar refractivity (Wildman–Crippen MR) is 94.1 cm³/mol. The molecule has 6 heteroatoms. The second-order valence-corrected chi connectivity index (χ2v) is 6.78. The lowest BCUT2D eigenvalue weighted by atomic mass is 9.96. The monoisotopic (exact) mass is 339 g/mol. The molecule has 2 aromatic rings. The smallest absolute Gasteiger partial charge is 0.278 e. The minimum atomic E-state index is -0.526. The van der Waals surface area contributed by atoms with Gasteiger partial charge in [0.25, 0.3) is 5.91 Å². The molecule has 2 atom stereocenters. The fraction of sp³-hybridized carbons (Fsp3) is 0.368. The lowest BCUT2D eigenvalue weighted by molar-refractivity contribution is 0.0562. The number of fused-ring (bicyclic) bond motifs is 4. The summed E-state index contributed by atoms with van der Waals surface area (Å²) in [5.74, 6) is -0.755. The third-order valence-electron chi connectivity index (χ3n) is 5.27. The highest BCUT2D eigenvalue weighted by molar-refractivity contribution is 5.96. The summed E-state index contributed by atoms with van der Waals surface area (Å²) in [5.41, 5.74) is 0.700. The summed E-state index contributed by atoms with van der Waals surface area (Å²) in [6, 6.07) is 11.6. The standard InChI is InChI=1S/C19H21N3O3/c1-13-6-5-9-15(14-7-3-2-4-8-14)22-12-20(13)19(25)17-18(24)16(23)10-11-21(17)22/h2-4,7-8,10-11,13,15,24H,5-6,9,12H2,1H3. The molecule has 2 bridgehead atoms. The molecule has 25 heavy (non-hydrogen) atoms. The Balaban J connectivity index is 1.90. The van der Waals surface area contributed by atoms with E-state index >= 15 is 0 Å². The van der Waals surface area contributed by atoms with Crippen molar-refractivity contribution in [3.8, 4) is 5.75 Å². The molecular formula is C19H21N3O3. The summed E-state index contributed by atoms with van der Waals surface area (Å²) in [7, 11) is 0. The fourth-order valence-electron chi connectivity index (χ4n) is 3.87. The summed E-state index contributed by atoms with van der Waals surface area (Å²) >= 11 is 0. The predicted octanol–water partition coefficient (Wildman–Crippen LogP) is 2.22. The summed E-state index contributed by atoms with van der Waals surface area (Å²) in [4.78, 5) is 26.5. The van der Waals surface area contributed by atoms with Crippen molar-refractivity contribution in [1.82, 2.24) is 9.58 Å². The highest BCUT2D eigenvalue weighted by Gasteiger charge is 2.38. The molecule has 2 unspecified atom stereocenters. The summed E-state index contributed by atoms with van der Waals surface area (Å²) in [5, 5.41) is 12.3. The number of hydrogen-bond acceptors (Lipinski definition) is 4. The van der Waals surface area contributed by atoms with Gasteiger partial charge in [0, 0.05) is 18.3 Å². The van der Waals surface area contributed by atoms with Crippen LogP contribution in [0.15, 0.2) is 47.4 Å². The Kier molecular flexibility index (Phi) is 3.75. The molecule has 4 rings (SSSR count). The Morgan fingerprint density at radius 2 is 1.84 bits per heavy atom. The van der Waals surface area contributed by atoms with E-state index in [0.29, 0.717) is 6.67 Å². The van der Waals surface area contributed by atoms with E-state index < -0.39 is 11.2 Å². The number of benzene rings is 1. The van der Waals surface area contributed by atoms with Crippen LogP contribution in [0.2, 0.25) is 0 Å². The molecule has 1 amide bonds. The quantitative estimate of drug-likeness (QED) is 0.865. The number of pyridine rings is 1. The van der Waals surface area contributed by atoms with Gasteiger partial charge in [-0.1, -0.05) is 30.3 Å². The highest BCUT2D eigenvalue weighted by atomic mass is 16.3. The number of hydrogen-bond donors (Lipinski definition) is 1. The zero-order valence-corrected chi connectivity index (χ0v) is 14.1. The largest absolute Gasteiger partial charge is 0.502 e. The van der Waals surface area contributed by atoms with Crippen molar-refractivity contribution in [3.05, 3.63) is 64.1 Å². The normalized spacial score (nSPS) is 23.0. The number of rotatable bonds is 1.